The highest BCUT2D eigenvalue weighted by molar-refractivity contribution is 5.83. The fraction of sp³-hybridized carbons (Fsp3) is 0.250. The Morgan fingerprint density at radius 3 is 2.66 bits per heavy atom. The van der Waals surface area contributed by atoms with E-state index in [1.165, 1.54) is 4.90 Å². The Labute approximate surface area is 163 Å². The van der Waals surface area contributed by atoms with Crippen molar-refractivity contribution in [3.8, 4) is 0 Å². The number of hydrogen-bond donors (Lipinski definition) is 0. The van der Waals surface area contributed by atoms with Crippen LogP contribution in [0.1, 0.15) is 29.2 Å². The van der Waals surface area contributed by atoms with Crippen LogP contribution < -0.4 is 0 Å². The summed E-state index contributed by atoms with van der Waals surface area (Å²) >= 11 is 0. The smallest absolute Gasteiger partial charge is 0.365 e. The molecule has 2 aromatic carbocycles. The second kappa shape index (κ2) is 7.40. The largest absolute Gasteiger partial charge is 0.416 e. The third-order valence-electron chi connectivity index (χ3n) is 4.69. The zero-order chi connectivity index (χ0) is 20.6. The first kappa shape index (κ1) is 19.3. The van der Waals surface area contributed by atoms with Gasteiger partial charge < -0.3 is 4.74 Å². The lowest BCUT2D eigenvalue weighted by Gasteiger charge is -2.29. The van der Waals surface area contributed by atoms with Crippen LogP contribution >= 0.6 is 0 Å². The number of azo groups is 1. The van der Waals surface area contributed by atoms with Crippen LogP contribution in [-0.4, -0.2) is 17.0 Å². The van der Waals surface area contributed by atoms with Crippen molar-refractivity contribution in [1.29, 1.82) is 0 Å². The van der Waals surface area contributed by atoms with E-state index < -0.39 is 29.8 Å². The van der Waals surface area contributed by atoms with Gasteiger partial charge in [-0.3, -0.25) is 9.69 Å². The quantitative estimate of drug-likeness (QED) is 0.660. The molecule has 0 aliphatic carbocycles. The standard InChI is InChI=1S/C20H15F4N3O2/c21-13-6-7-14(15(10-13)20(22,23)24)18(29-11-12-4-2-1-3-5-12)19-26-25-16-8-9-17(28)27(16)19/h1-8,10,18-19H,9,11H2. The minimum Gasteiger partial charge on any atom is -0.365 e. The van der Waals surface area contributed by atoms with Crippen LogP contribution in [0.5, 0.6) is 0 Å². The molecule has 150 valence electrons. The molecule has 0 saturated carbocycles. The summed E-state index contributed by atoms with van der Waals surface area (Å²) in [6.45, 7) is -0.0206. The van der Waals surface area contributed by atoms with Crippen LogP contribution in [0.25, 0.3) is 0 Å². The number of rotatable bonds is 5. The number of amides is 1. The van der Waals surface area contributed by atoms with Crippen molar-refractivity contribution in [1.82, 2.24) is 4.90 Å². The van der Waals surface area contributed by atoms with Crippen LogP contribution in [0.3, 0.4) is 0 Å². The summed E-state index contributed by atoms with van der Waals surface area (Å²) in [6.07, 6.45) is -5.56. The summed E-state index contributed by atoms with van der Waals surface area (Å²) in [5.41, 5.74) is -0.749. The van der Waals surface area contributed by atoms with E-state index in [4.69, 9.17) is 4.74 Å². The number of fused-ring (bicyclic) bond motifs is 1. The molecule has 2 unspecified atom stereocenters. The highest BCUT2D eigenvalue weighted by atomic mass is 19.4. The topological polar surface area (TPSA) is 54.3 Å². The van der Waals surface area contributed by atoms with E-state index in [1.807, 2.05) is 0 Å². The van der Waals surface area contributed by atoms with Crippen molar-refractivity contribution in [3.63, 3.8) is 0 Å². The lowest BCUT2D eigenvalue weighted by atomic mass is 9.99. The molecule has 0 spiro atoms. The molecule has 29 heavy (non-hydrogen) atoms. The summed E-state index contributed by atoms with van der Waals surface area (Å²) in [6, 6.07) is 11.2. The average Bonchev–Trinajstić information content (AvgIpc) is 3.26. The highest BCUT2D eigenvalue weighted by Crippen LogP contribution is 2.42. The number of carbonyl (C=O) groups is 1. The minimum atomic E-state index is -4.81. The predicted molar refractivity (Wildman–Crippen MR) is 93.6 cm³/mol. The van der Waals surface area contributed by atoms with Crippen LogP contribution in [0.4, 0.5) is 17.6 Å². The Morgan fingerprint density at radius 1 is 1.17 bits per heavy atom. The van der Waals surface area contributed by atoms with E-state index in [2.05, 4.69) is 10.2 Å². The van der Waals surface area contributed by atoms with E-state index in [9.17, 15) is 22.4 Å². The zero-order valence-corrected chi connectivity index (χ0v) is 14.9. The molecule has 2 aliphatic heterocycles. The number of alkyl halides is 3. The van der Waals surface area contributed by atoms with E-state index in [0.29, 0.717) is 6.07 Å². The Kier molecular flexibility index (Phi) is 4.91. The number of benzene rings is 2. The molecule has 2 heterocycles. The van der Waals surface area contributed by atoms with Gasteiger partial charge in [0.05, 0.1) is 12.2 Å². The predicted octanol–water partition coefficient (Wildman–Crippen LogP) is 4.97. The molecule has 5 nitrogen and oxygen atoms in total. The van der Waals surface area contributed by atoms with Crippen LogP contribution in [0, 0.1) is 5.82 Å². The molecule has 0 fully saturated rings. The summed E-state index contributed by atoms with van der Waals surface area (Å²) in [5.74, 6) is -1.07. The number of hydrogen-bond acceptors (Lipinski definition) is 4. The van der Waals surface area contributed by atoms with Crippen molar-refractivity contribution < 1.29 is 27.1 Å². The SMILES string of the molecule is O=C1CC=C2N=NC(C(OCc3ccccc3)c3ccc(F)cc3C(F)(F)F)N12. The van der Waals surface area contributed by atoms with Crippen LogP contribution in [0.15, 0.2) is 70.7 Å². The summed E-state index contributed by atoms with van der Waals surface area (Å²) in [4.78, 5) is 13.4. The first-order valence-electron chi connectivity index (χ1n) is 8.80. The lowest BCUT2D eigenvalue weighted by molar-refractivity contribution is -0.141. The molecule has 0 saturated heterocycles. The van der Waals surface area contributed by atoms with Gasteiger partial charge in [-0.15, -0.1) is 5.11 Å². The monoisotopic (exact) mass is 405 g/mol. The molecule has 0 N–H and O–H groups in total. The Balaban J connectivity index is 1.74. The molecular weight excluding hydrogens is 390 g/mol. The average molecular weight is 405 g/mol. The molecule has 1 amide bonds. The highest BCUT2D eigenvalue weighted by Gasteiger charge is 2.44. The molecule has 9 heteroatoms. The summed E-state index contributed by atoms with van der Waals surface area (Å²) in [5, 5.41) is 7.88. The van der Waals surface area contributed by atoms with Gasteiger partial charge in [-0.2, -0.15) is 18.3 Å². The molecule has 0 radical (unpaired) electrons. The number of carbonyl (C=O) groups excluding carboxylic acids is 1. The van der Waals surface area contributed by atoms with Gasteiger partial charge in [-0.05, 0) is 29.3 Å². The van der Waals surface area contributed by atoms with Crippen LogP contribution in [-0.2, 0) is 22.3 Å². The van der Waals surface area contributed by atoms with Gasteiger partial charge >= 0.3 is 6.18 Å². The maximum absolute atomic E-state index is 13.6. The van der Waals surface area contributed by atoms with Crippen molar-refractivity contribution in [2.24, 2.45) is 10.2 Å². The van der Waals surface area contributed by atoms with Crippen molar-refractivity contribution >= 4 is 5.91 Å². The van der Waals surface area contributed by atoms with Gasteiger partial charge in [0, 0.05) is 6.42 Å². The van der Waals surface area contributed by atoms with Gasteiger partial charge in [-0.25, -0.2) is 4.39 Å². The molecule has 2 aliphatic rings. The zero-order valence-electron chi connectivity index (χ0n) is 14.9. The number of halogens is 4. The van der Waals surface area contributed by atoms with Gasteiger partial charge in [0.2, 0.25) is 5.91 Å². The molecule has 4 rings (SSSR count). The normalized spacial score (nSPS) is 19.4. The third kappa shape index (κ3) is 3.77. The molecule has 0 bridgehead atoms. The fourth-order valence-electron chi connectivity index (χ4n) is 3.36. The van der Waals surface area contributed by atoms with Gasteiger partial charge in [0.1, 0.15) is 11.9 Å². The molecule has 2 aromatic rings. The molecule has 0 aromatic heterocycles. The van der Waals surface area contributed by atoms with Crippen molar-refractivity contribution in [2.75, 3.05) is 0 Å². The summed E-state index contributed by atoms with van der Waals surface area (Å²) in [7, 11) is 0. The van der Waals surface area contributed by atoms with E-state index >= 15 is 0 Å². The maximum atomic E-state index is 13.6. The molecule has 2 atom stereocenters. The Morgan fingerprint density at radius 2 is 1.93 bits per heavy atom. The molecular formula is C20H15F4N3O2. The van der Waals surface area contributed by atoms with E-state index in [-0.39, 0.29) is 30.3 Å². The fourth-order valence-corrected chi connectivity index (χ4v) is 3.36. The van der Waals surface area contributed by atoms with Gasteiger partial charge in [0.15, 0.2) is 12.0 Å². The Hall–Kier alpha value is -3.07. The van der Waals surface area contributed by atoms with Gasteiger partial charge in [0.25, 0.3) is 0 Å². The third-order valence-corrected chi connectivity index (χ3v) is 4.69. The van der Waals surface area contributed by atoms with Crippen molar-refractivity contribution in [2.45, 2.75) is 31.5 Å². The van der Waals surface area contributed by atoms with Crippen LogP contribution in [0.2, 0.25) is 0 Å². The number of nitrogens with zero attached hydrogens (tertiary/aromatic N) is 3. The van der Waals surface area contributed by atoms with E-state index in [1.54, 1.807) is 36.4 Å². The van der Waals surface area contributed by atoms with Crippen molar-refractivity contribution in [3.05, 3.63) is 82.9 Å². The second-order valence-corrected chi connectivity index (χ2v) is 6.61. The van der Waals surface area contributed by atoms with E-state index in [0.717, 1.165) is 17.7 Å². The summed E-state index contributed by atoms with van der Waals surface area (Å²) < 4.78 is 60.3. The Bertz CT molecular complexity index is 989. The lowest BCUT2D eigenvalue weighted by Crippen LogP contribution is -2.37. The minimum absolute atomic E-state index is 0.0206. The second-order valence-electron chi connectivity index (χ2n) is 6.61. The first-order valence-corrected chi connectivity index (χ1v) is 8.80. The first-order chi connectivity index (χ1) is 13.8. The number of ether oxygens (including phenoxy) is 1. The van der Waals surface area contributed by atoms with Gasteiger partial charge in [-0.1, -0.05) is 36.4 Å². The maximum Gasteiger partial charge on any atom is 0.416 e.